The predicted molar refractivity (Wildman–Crippen MR) is 125 cm³/mol. The summed E-state index contributed by atoms with van der Waals surface area (Å²) in [6.45, 7) is 0. The molecule has 3 aromatic carbocycles. The summed E-state index contributed by atoms with van der Waals surface area (Å²) in [6, 6.07) is 18.2. The zero-order valence-electron chi connectivity index (χ0n) is 17.5. The van der Waals surface area contributed by atoms with Gasteiger partial charge in [0.2, 0.25) is 5.91 Å². The molecule has 3 aromatic rings. The van der Waals surface area contributed by atoms with Gasteiger partial charge in [0.25, 0.3) is 5.91 Å². The first-order valence-corrected chi connectivity index (χ1v) is 10.2. The average Bonchev–Trinajstić information content (AvgIpc) is 2.79. The number of halogens is 4. The first-order valence-electron chi connectivity index (χ1n) is 9.83. The fourth-order valence-electron chi connectivity index (χ4n) is 2.93. The number of nitrogens with two attached hydrogens (primary N) is 1. The van der Waals surface area contributed by atoms with E-state index in [2.05, 4.69) is 10.3 Å². The molecular formula is C24H18ClF3N4O2. The van der Waals surface area contributed by atoms with E-state index < -0.39 is 30.1 Å². The van der Waals surface area contributed by atoms with E-state index in [9.17, 15) is 22.8 Å². The minimum Gasteiger partial charge on any atom is -0.366 e. The molecule has 10 heteroatoms. The summed E-state index contributed by atoms with van der Waals surface area (Å²) in [5.74, 6) is -1.14. The number of carbonyl (C=O) groups is 2. The fourth-order valence-corrected chi connectivity index (χ4v) is 3.11. The quantitative estimate of drug-likeness (QED) is 0.368. The van der Waals surface area contributed by atoms with E-state index in [1.807, 2.05) is 0 Å². The fraction of sp³-hybridized carbons (Fsp3) is 0.0833. The SMILES string of the molecule is N=C(CC(=Nc1ccccc1Cl)c1ccc(C(=O)Nc2cccc(C(N)=O)c2)cc1)C(F)(F)F. The topological polar surface area (TPSA) is 108 Å². The van der Waals surface area contributed by atoms with Crippen LogP contribution in [0.3, 0.4) is 0 Å². The summed E-state index contributed by atoms with van der Waals surface area (Å²) in [7, 11) is 0. The molecule has 0 bridgehead atoms. The highest BCUT2D eigenvalue weighted by atomic mass is 35.5. The second-order valence-electron chi connectivity index (χ2n) is 7.14. The summed E-state index contributed by atoms with van der Waals surface area (Å²) in [6.07, 6.45) is -5.58. The Balaban J connectivity index is 1.88. The Bertz CT molecular complexity index is 1270. The van der Waals surface area contributed by atoms with Gasteiger partial charge < -0.3 is 16.5 Å². The largest absolute Gasteiger partial charge is 0.429 e. The van der Waals surface area contributed by atoms with E-state index in [1.165, 1.54) is 36.4 Å². The van der Waals surface area contributed by atoms with Gasteiger partial charge in [0.05, 0.1) is 16.4 Å². The monoisotopic (exact) mass is 486 g/mol. The van der Waals surface area contributed by atoms with Crippen LogP contribution in [0.4, 0.5) is 24.5 Å². The molecule has 0 heterocycles. The molecule has 0 saturated heterocycles. The lowest BCUT2D eigenvalue weighted by molar-refractivity contribution is -0.0605. The highest BCUT2D eigenvalue weighted by Gasteiger charge is 2.35. The van der Waals surface area contributed by atoms with Crippen LogP contribution in [0.25, 0.3) is 0 Å². The van der Waals surface area contributed by atoms with Crippen molar-refractivity contribution in [2.75, 3.05) is 5.32 Å². The molecular weight excluding hydrogens is 469 g/mol. The first-order chi connectivity index (χ1) is 16.0. The summed E-state index contributed by atoms with van der Waals surface area (Å²) < 4.78 is 39.0. The number of anilines is 1. The molecule has 0 atom stereocenters. The van der Waals surface area contributed by atoms with Crippen LogP contribution >= 0.6 is 11.6 Å². The summed E-state index contributed by atoms with van der Waals surface area (Å²) in [5, 5.41) is 10.3. The van der Waals surface area contributed by atoms with Gasteiger partial charge in [0.1, 0.15) is 5.71 Å². The van der Waals surface area contributed by atoms with Crippen molar-refractivity contribution in [3.05, 3.63) is 94.5 Å². The molecule has 0 aliphatic rings. The lowest BCUT2D eigenvalue weighted by atomic mass is 10.0. The molecule has 0 unspecified atom stereocenters. The number of nitrogens with one attached hydrogen (secondary N) is 2. The van der Waals surface area contributed by atoms with Gasteiger partial charge in [-0.15, -0.1) is 0 Å². The van der Waals surface area contributed by atoms with Gasteiger partial charge in [0.15, 0.2) is 0 Å². The Morgan fingerprint density at radius 2 is 1.59 bits per heavy atom. The van der Waals surface area contributed by atoms with Crippen molar-refractivity contribution >= 4 is 46.2 Å². The Kier molecular flexibility index (Phi) is 7.47. The number of hydrogen-bond acceptors (Lipinski definition) is 4. The number of alkyl halides is 3. The van der Waals surface area contributed by atoms with E-state index in [0.717, 1.165) is 0 Å². The van der Waals surface area contributed by atoms with Crippen molar-refractivity contribution in [3.8, 4) is 0 Å². The number of benzene rings is 3. The van der Waals surface area contributed by atoms with E-state index in [1.54, 1.807) is 36.4 Å². The molecule has 2 amide bonds. The molecule has 0 aliphatic carbocycles. The highest BCUT2D eigenvalue weighted by Crippen LogP contribution is 2.27. The third kappa shape index (κ3) is 6.29. The van der Waals surface area contributed by atoms with E-state index in [-0.39, 0.29) is 27.5 Å². The van der Waals surface area contributed by atoms with E-state index in [4.69, 9.17) is 22.7 Å². The average molecular weight is 487 g/mol. The standard InChI is InChI=1S/C24H18ClF3N4O2/c25-18-6-1-2-7-19(18)32-20(13-21(29)24(26,27)28)14-8-10-15(11-9-14)23(34)31-17-5-3-4-16(12-17)22(30)33/h1-12,29H,13H2,(H2,30,33)(H,31,34). The van der Waals surface area contributed by atoms with Crippen LogP contribution in [-0.4, -0.2) is 29.4 Å². The maximum Gasteiger partial charge on any atom is 0.429 e. The lowest BCUT2D eigenvalue weighted by Gasteiger charge is -2.12. The lowest BCUT2D eigenvalue weighted by Crippen LogP contribution is -2.25. The van der Waals surface area contributed by atoms with Crippen molar-refractivity contribution in [1.29, 1.82) is 5.41 Å². The molecule has 0 saturated carbocycles. The number of rotatable bonds is 7. The Hall–Kier alpha value is -3.98. The van der Waals surface area contributed by atoms with Gasteiger partial charge in [-0.25, -0.2) is 0 Å². The Morgan fingerprint density at radius 3 is 2.21 bits per heavy atom. The van der Waals surface area contributed by atoms with Gasteiger partial charge in [-0.2, -0.15) is 13.2 Å². The maximum atomic E-state index is 13.0. The van der Waals surface area contributed by atoms with Gasteiger partial charge in [0, 0.05) is 23.2 Å². The molecule has 0 fully saturated rings. The number of primary amides is 1. The number of para-hydroxylation sites is 1. The van der Waals surface area contributed by atoms with Crippen LogP contribution in [0.15, 0.2) is 77.8 Å². The van der Waals surface area contributed by atoms with Gasteiger partial charge in [-0.05, 0) is 48.0 Å². The minimum atomic E-state index is -4.81. The highest BCUT2D eigenvalue weighted by molar-refractivity contribution is 6.33. The second-order valence-corrected chi connectivity index (χ2v) is 7.55. The zero-order chi connectivity index (χ0) is 24.9. The van der Waals surface area contributed by atoms with Crippen LogP contribution in [0.5, 0.6) is 0 Å². The number of hydrogen-bond donors (Lipinski definition) is 3. The molecule has 0 radical (unpaired) electrons. The molecule has 3 rings (SSSR count). The third-order valence-electron chi connectivity index (χ3n) is 4.68. The smallest absolute Gasteiger partial charge is 0.366 e. The Labute approximate surface area is 197 Å². The van der Waals surface area contributed by atoms with Gasteiger partial charge in [-0.3, -0.25) is 14.6 Å². The normalized spacial score (nSPS) is 11.7. The van der Waals surface area contributed by atoms with Gasteiger partial charge in [-0.1, -0.05) is 41.9 Å². The van der Waals surface area contributed by atoms with Crippen LogP contribution in [-0.2, 0) is 0 Å². The number of amides is 2. The van der Waals surface area contributed by atoms with Crippen LogP contribution < -0.4 is 11.1 Å². The van der Waals surface area contributed by atoms with E-state index >= 15 is 0 Å². The van der Waals surface area contributed by atoms with Crippen molar-refractivity contribution in [2.24, 2.45) is 10.7 Å². The van der Waals surface area contributed by atoms with Crippen molar-refractivity contribution in [1.82, 2.24) is 0 Å². The third-order valence-corrected chi connectivity index (χ3v) is 5.00. The zero-order valence-corrected chi connectivity index (χ0v) is 18.2. The second kappa shape index (κ2) is 10.3. The molecule has 0 aliphatic heterocycles. The molecule has 174 valence electrons. The van der Waals surface area contributed by atoms with E-state index in [0.29, 0.717) is 11.3 Å². The first kappa shape index (κ1) is 24.7. The van der Waals surface area contributed by atoms with Crippen molar-refractivity contribution in [3.63, 3.8) is 0 Å². The molecule has 34 heavy (non-hydrogen) atoms. The summed E-state index contributed by atoms with van der Waals surface area (Å²) in [5.41, 5.74) is 5.09. The van der Waals surface area contributed by atoms with Gasteiger partial charge >= 0.3 is 6.18 Å². The predicted octanol–water partition coefficient (Wildman–Crippen LogP) is 5.78. The molecule has 0 aromatic heterocycles. The summed E-state index contributed by atoms with van der Waals surface area (Å²) >= 11 is 6.09. The van der Waals surface area contributed by atoms with Crippen molar-refractivity contribution in [2.45, 2.75) is 12.6 Å². The number of aliphatic imine (C=N–C) groups is 1. The molecule has 6 nitrogen and oxygen atoms in total. The minimum absolute atomic E-state index is 0.0310. The van der Waals surface area contributed by atoms with Crippen LogP contribution in [0, 0.1) is 5.41 Å². The maximum absolute atomic E-state index is 13.0. The number of carbonyl (C=O) groups excluding carboxylic acids is 2. The molecule has 4 N–H and O–H groups in total. The summed E-state index contributed by atoms with van der Waals surface area (Å²) in [4.78, 5) is 28.1. The van der Waals surface area contributed by atoms with Crippen molar-refractivity contribution < 1.29 is 22.8 Å². The van der Waals surface area contributed by atoms with Crippen LogP contribution in [0.2, 0.25) is 5.02 Å². The number of nitrogens with zero attached hydrogens (tertiary/aromatic N) is 1. The molecule has 0 spiro atoms. The Morgan fingerprint density at radius 1 is 0.941 bits per heavy atom. The van der Waals surface area contributed by atoms with Crippen LogP contribution in [0.1, 0.15) is 32.7 Å².